The van der Waals surface area contributed by atoms with Gasteiger partial charge in [0, 0.05) is 6.42 Å². The van der Waals surface area contributed by atoms with E-state index in [1.54, 1.807) is 13.8 Å². The monoisotopic (exact) mass is 188 g/mol. The molecule has 0 amide bonds. The van der Waals surface area contributed by atoms with Crippen LogP contribution in [0.1, 0.15) is 39.5 Å². The van der Waals surface area contributed by atoms with Gasteiger partial charge in [-0.1, -0.05) is 20.3 Å². The van der Waals surface area contributed by atoms with E-state index in [-0.39, 0.29) is 12.8 Å². The summed E-state index contributed by atoms with van der Waals surface area (Å²) in [6.07, 6.45) is 1.13. The van der Waals surface area contributed by atoms with Crippen molar-refractivity contribution in [2.45, 2.75) is 45.1 Å². The standard InChI is InChI=1S/C9H16O4/c1-3-5-7(10)9(13,6-4-2)8(11)12/h13H,3-6H2,1-2H3,(H,11,12). The van der Waals surface area contributed by atoms with Crippen molar-refractivity contribution < 1.29 is 19.8 Å². The minimum absolute atomic E-state index is 0.0127. The van der Waals surface area contributed by atoms with Gasteiger partial charge in [0.25, 0.3) is 0 Å². The summed E-state index contributed by atoms with van der Waals surface area (Å²) >= 11 is 0. The lowest BCUT2D eigenvalue weighted by molar-refractivity contribution is -0.166. The van der Waals surface area contributed by atoms with Crippen LogP contribution in [0.15, 0.2) is 0 Å². The molecule has 0 aromatic rings. The average molecular weight is 188 g/mol. The quantitative estimate of drug-likeness (QED) is 0.609. The highest BCUT2D eigenvalue weighted by Gasteiger charge is 2.41. The number of ketones is 1. The number of carboxylic acid groups (broad SMARTS) is 1. The Bertz CT molecular complexity index is 200. The molecule has 0 rings (SSSR count). The van der Waals surface area contributed by atoms with Crippen molar-refractivity contribution in [3.63, 3.8) is 0 Å². The van der Waals surface area contributed by atoms with E-state index in [0.717, 1.165) is 0 Å². The van der Waals surface area contributed by atoms with Gasteiger partial charge in [-0.3, -0.25) is 4.79 Å². The largest absolute Gasteiger partial charge is 0.479 e. The molecule has 0 aromatic heterocycles. The van der Waals surface area contributed by atoms with Crippen molar-refractivity contribution >= 4 is 11.8 Å². The molecule has 4 nitrogen and oxygen atoms in total. The highest BCUT2D eigenvalue weighted by Crippen LogP contribution is 2.17. The van der Waals surface area contributed by atoms with E-state index < -0.39 is 17.4 Å². The summed E-state index contributed by atoms with van der Waals surface area (Å²) in [5, 5.41) is 18.2. The molecule has 0 fully saturated rings. The van der Waals surface area contributed by atoms with Gasteiger partial charge in [0.2, 0.25) is 5.60 Å². The molecule has 0 bridgehead atoms. The summed E-state index contributed by atoms with van der Waals surface area (Å²) in [6.45, 7) is 3.50. The second-order valence-electron chi connectivity index (χ2n) is 3.09. The minimum atomic E-state index is -2.16. The number of Topliss-reactive ketones (excluding diaryl/α,β-unsaturated/α-hetero) is 1. The molecule has 2 N–H and O–H groups in total. The Morgan fingerprint density at radius 2 is 1.77 bits per heavy atom. The summed E-state index contributed by atoms with van der Waals surface area (Å²) in [4.78, 5) is 21.9. The third-order valence-electron chi connectivity index (χ3n) is 1.90. The molecule has 0 aliphatic heterocycles. The summed E-state index contributed by atoms with van der Waals surface area (Å²) in [6, 6.07) is 0. The first-order chi connectivity index (χ1) is 5.99. The van der Waals surface area contributed by atoms with Gasteiger partial charge in [0.1, 0.15) is 0 Å². The van der Waals surface area contributed by atoms with Gasteiger partial charge < -0.3 is 10.2 Å². The molecule has 0 saturated carbocycles. The summed E-state index contributed by atoms with van der Waals surface area (Å²) in [7, 11) is 0. The van der Waals surface area contributed by atoms with Crippen molar-refractivity contribution in [1.82, 2.24) is 0 Å². The topological polar surface area (TPSA) is 74.6 Å². The lowest BCUT2D eigenvalue weighted by Crippen LogP contribution is -2.46. The first-order valence-electron chi connectivity index (χ1n) is 4.48. The fraction of sp³-hybridized carbons (Fsp3) is 0.778. The van der Waals surface area contributed by atoms with Crippen molar-refractivity contribution in [1.29, 1.82) is 0 Å². The van der Waals surface area contributed by atoms with Crippen LogP contribution in [0.25, 0.3) is 0 Å². The first-order valence-corrected chi connectivity index (χ1v) is 4.48. The van der Waals surface area contributed by atoms with Crippen LogP contribution in [0.5, 0.6) is 0 Å². The zero-order valence-electron chi connectivity index (χ0n) is 8.04. The second-order valence-corrected chi connectivity index (χ2v) is 3.09. The Hall–Kier alpha value is -0.900. The van der Waals surface area contributed by atoms with Gasteiger partial charge in [-0.2, -0.15) is 0 Å². The molecular formula is C9H16O4. The molecule has 0 radical (unpaired) electrons. The summed E-state index contributed by atoms with van der Waals surface area (Å²) in [5.41, 5.74) is -2.16. The van der Waals surface area contributed by atoms with Gasteiger partial charge >= 0.3 is 5.97 Å². The smallest absolute Gasteiger partial charge is 0.343 e. The maximum Gasteiger partial charge on any atom is 0.343 e. The molecule has 1 atom stereocenters. The fourth-order valence-corrected chi connectivity index (χ4v) is 1.16. The highest BCUT2D eigenvalue weighted by atomic mass is 16.4. The number of carbonyl (C=O) groups excluding carboxylic acids is 1. The van der Waals surface area contributed by atoms with Crippen LogP contribution in [-0.4, -0.2) is 27.6 Å². The maximum atomic E-state index is 11.3. The Morgan fingerprint density at radius 3 is 2.08 bits per heavy atom. The summed E-state index contributed by atoms with van der Waals surface area (Å²) < 4.78 is 0. The van der Waals surface area contributed by atoms with E-state index in [4.69, 9.17) is 5.11 Å². The normalized spacial score (nSPS) is 15.0. The number of carboxylic acids is 1. The molecule has 76 valence electrons. The van der Waals surface area contributed by atoms with E-state index in [2.05, 4.69) is 0 Å². The van der Waals surface area contributed by atoms with Crippen LogP contribution in [0, 0.1) is 0 Å². The van der Waals surface area contributed by atoms with Crippen molar-refractivity contribution in [3.8, 4) is 0 Å². The van der Waals surface area contributed by atoms with Crippen LogP contribution in [0.3, 0.4) is 0 Å². The Morgan fingerprint density at radius 1 is 1.23 bits per heavy atom. The van der Waals surface area contributed by atoms with Crippen LogP contribution in [-0.2, 0) is 9.59 Å². The number of rotatable bonds is 6. The van der Waals surface area contributed by atoms with E-state index >= 15 is 0 Å². The van der Waals surface area contributed by atoms with E-state index in [1.807, 2.05) is 0 Å². The van der Waals surface area contributed by atoms with Crippen LogP contribution in [0.2, 0.25) is 0 Å². The number of carbonyl (C=O) groups is 2. The van der Waals surface area contributed by atoms with Gasteiger partial charge in [-0.15, -0.1) is 0 Å². The lowest BCUT2D eigenvalue weighted by Gasteiger charge is -2.20. The van der Waals surface area contributed by atoms with Crippen LogP contribution < -0.4 is 0 Å². The molecule has 0 aliphatic carbocycles. The minimum Gasteiger partial charge on any atom is -0.479 e. The molecule has 0 saturated heterocycles. The Balaban J connectivity index is 4.57. The van der Waals surface area contributed by atoms with Gasteiger partial charge in [-0.05, 0) is 12.8 Å². The molecule has 0 aromatic carbocycles. The summed E-state index contributed by atoms with van der Waals surface area (Å²) in [5.74, 6) is -2.03. The molecule has 0 heterocycles. The fourth-order valence-electron chi connectivity index (χ4n) is 1.16. The van der Waals surface area contributed by atoms with Crippen molar-refractivity contribution in [2.75, 3.05) is 0 Å². The Kier molecular flexibility index (Phi) is 4.62. The molecule has 4 heteroatoms. The van der Waals surface area contributed by atoms with Crippen molar-refractivity contribution in [2.24, 2.45) is 0 Å². The van der Waals surface area contributed by atoms with Gasteiger partial charge in [0.05, 0.1) is 0 Å². The maximum absolute atomic E-state index is 11.3. The lowest BCUT2D eigenvalue weighted by atomic mass is 9.90. The van der Waals surface area contributed by atoms with E-state index in [9.17, 15) is 14.7 Å². The van der Waals surface area contributed by atoms with Crippen LogP contribution >= 0.6 is 0 Å². The third-order valence-corrected chi connectivity index (χ3v) is 1.90. The predicted molar refractivity (Wildman–Crippen MR) is 47.4 cm³/mol. The molecule has 1 unspecified atom stereocenters. The number of hydrogen-bond donors (Lipinski definition) is 2. The van der Waals surface area contributed by atoms with E-state index in [0.29, 0.717) is 12.8 Å². The highest BCUT2D eigenvalue weighted by molar-refractivity contribution is 6.06. The number of aliphatic carboxylic acids is 1. The molecule has 0 aliphatic rings. The van der Waals surface area contributed by atoms with E-state index in [1.165, 1.54) is 0 Å². The van der Waals surface area contributed by atoms with Gasteiger partial charge in [0.15, 0.2) is 5.78 Å². The SMILES string of the molecule is CCCC(=O)C(O)(CCC)C(=O)O. The molecule has 13 heavy (non-hydrogen) atoms. The molecular weight excluding hydrogens is 172 g/mol. The number of aliphatic hydroxyl groups is 1. The molecule has 0 spiro atoms. The zero-order chi connectivity index (χ0) is 10.5. The van der Waals surface area contributed by atoms with Crippen LogP contribution in [0.4, 0.5) is 0 Å². The third kappa shape index (κ3) is 2.81. The Labute approximate surface area is 77.6 Å². The van der Waals surface area contributed by atoms with Gasteiger partial charge in [-0.25, -0.2) is 4.79 Å². The average Bonchev–Trinajstić information content (AvgIpc) is 2.04. The van der Waals surface area contributed by atoms with Crippen molar-refractivity contribution in [3.05, 3.63) is 0 Å². The number of hydrogen-bond acceptors (Lipinski definition) is 3. The predicted octanol–water partition coefficient (Wildman–Crippen LogP) is 0.971. The second kappa shape index (κ2) is 4.97. The first kappa shape index (κ1) is 12.1. The zero-order valence-corrected chi connectivity index (χ0v) is 8.04.